The lowest BCUT2D eigenvalue weighted by molar-refractivity contribution is 0.0954. The Morgan fingerprint density at radius 2 is 2.11 bits per heavy atom. The van der Waals surface area contributed by atoms with Gasteiger partial charge >= 0.3 is 0 Å². The number of carbonyl (C=O) groups is 1. The van der Waals surface area contributed by atoms with Crippen LogP contribution in [0.2, 0.25) is 5.02 Å². The van der Waals surface area contributed by atoms with Gasteiger partial charge in [-0.15, -0.1) is 11.3 Å². The molecule has 1 aliphatic rings. The summed E-state index contributed by atoms with van der Waals surface area (Å²) in [6.45, 7) is 4.95. The SMILES string of the molecule is CC1(c2sc(C(=O)NCc3ccncn3)cc2Cl)CS(=O)(=O)C(C)(C)C(N)=N1. The van der Waals surface area contributed by atoms with Gasteiger partial charge < -0.3 is 11.1 Å². The van der Waals surface area contributed by atoms with E-state index in [2.05, 4.69) is 20.3 Å². The molecule has 1 aliphatic heterocycles. The van der Waals surface area contributed by atoms with Crippen LogP contribution in [0.1, 0.15) is 41.0 Å². The number of amides is 1. The number of rotatable bonds is 4. The van der Waals surface area contributed by atoms with Gasteiger partial charge in [0, 0.05) is 6.20 Å². The Bertz CT molecular complexity index is 1050. The maximum absolute atomic E-state index is 12.7. The maximum atomic E-state index is 12.7. The molecular formula is C17H20ClN5O3S2. The molecule has 1 amide bonds. The molecule has 3 N–H and O–H groups in total. The summed E-state index contributed by atoms with van der Waals surface area (Å²) in [5.74, 6) is -0.549. The first kappa shape index (κ1) is 20.7. The van der Waals surface area contributed by atoms with Crippen LogP contribution < -0.4 is 11.1 Å². The second-order valence-corrected chi connectivity index (χ2v) is 11.2. The van der Waals surface area contributed by atoms with Crippen molar-refractivity contribution >= 4 is 44.5 Å². The van der Waals surface area contributed by atoms with Crippen LogP contribution in [0.15, 0.2) is 29.6 Å². The van der Waals surface area contributed by atoms with Gasteiger partial charge in [-0.2, -0.15) is 0 Å². The van der Waals surface area contributed by atoms with Gasteiger partial charge in [-0.1, -0.05) is 11.6 Å². The average Bonchev–Trinajstić information content (AvgIpc) is 3.01. The van der Waals surface area contributed by atoms with Crippen molar-refractivity contribution in [1.82, 2.24) is 15.3 Å². The second kappa shape index (κ2) is 7.09. The molecule has 3 rings (SSSR count). The number of carbonyl (C=O) groups excluding carboxylic acids is 1. The standard InChI is InChI=1S/C17H20ClN5O3S2/c1-16(2)15(19)23-17(3,8-28(16,25)26)13-11(18)6-12(27-13)14(24)21-7-10-4-5-20-9-22-10/h4-6,9H,7-8H2,1-3H3,(H2,19,23)(H,21,24). The minimum absolute atomic E-state index is 0.0282. The lowest BCUT2D eigenvalue weighted by Crippen LogP contribution is -2.54. The van der Waals surface area contributed by atoms with E-state index >= 15 is 0 Å². The molecule has 0 bridgehead atoms. The van der Waals surface area contributed by atoms with Crippen molar-refractivity contribution in [3.63, 3.8) is 0 Å². The number of aliphatic imine (C=N–C) groups is 1. The molecule has 28 heavy (non-hydrogen) atoms. The molecule has 150 valence electrons. The zero-order chi connectivity index (χ0) is 20.7. The van der Waals surface area contributed by atoms with Crippen LogP contribution in [0, 0.1) is 0 Å². The molecule has 11 heteroatoms. The van der Waals surface area contributed by atoms with Gasteiger partial charge in [0.25, 0.3) is 5.91 Å². The van der Waals surface area contributed by atoms with E-state index in [-0.39, 0.29) is 29.1 Å². The molecule has 3 heterocycles. The zero-order valence-corrected chi connectivity index (χ0v) is 18.0. The summed E-state index contributed by atoms with van der Waals surface area (Å²) in [6.07, 6.45) is 2.98. The van der Waals surface area contributed by atoms with Crippen molar-refractivity contribution in [2.45, 2.75) is 37.6 Å². The van der Waals surface area contributed by atoms with Crippen molar-refractivity contribution in [3.8, 4) is 0 Å². The van der Waals surface area contributed by atoms with Crippen LogP contribution >= 0.6 is 22.9 Å². The molecule has 2 aromatic heterocycles. The van der Waals surface area contributed by atoms with Gasteiger partial charge in [0.05, 0.1) is 32.8 Å². The quantitative estimate of drug-likeness (QED) is 0.745. The molecule has 1 atom stereocenters. The number of nitrogens with one attached hydrogen (secondary N) is 1. The number of halogens is 1. The van der Waals surface area contributed by atoms with Crippen LogP contribution in [0.3, 0.4) is 0 Å². The van der Waals surface area contributed by atoms with Gasteiger partial charge in [-0.3, -0.25) is 9.79 Å². The van der Waals surface area contributed by atoms with Crippen molar-refractivity contribution in [2.24, 2.45) is 10.7 Å². The van der Waals surface area contributed by atoms with E-state index in [0.29, 0.717) is 15.4 Å². The molecule has 0 fully saturated rings. The molecule has 0 saturated heterocycles. The smallest absolute Gasteiger partial charge is 0.261 e. The number of aromatic nitrogens is 2. The molecule has 0 spiro atoms. The summed E-state index contributed by atoms with van der Waals surface area (Å²) in [6, 6.07) is 3.21. The normalized spacial score (nSPS) is 23.1. The number of thiophene rings is 1. The van der Waals surface area contributed by atoms with Gasteiger partial charge in [-0.05, 0) is 32.9 Å². The number of amidine groups is 1. The van der Waals surface area contributed by atoms with Gasteiger partial charge in [0.1, 0.15) is 22.4 Å². The summed E-state index contributed by atoms with van der Waals surface area (Å²) in [5.41, 5.74) is 5.49. The van der Waals surface area contributed by atoms with Crippen molar-refractivity contribution in [3.05, 3.63) is 45.1 Å². The zero-order valence-electron chi connectivity index (χ0n) is 15.6. The molecular weight excluding hydrogens is 422 g/mol. The van der Waals surface area contributed by atoms with E-state index in [0.717, 1.165) is 11.3 Å². The van der Waals surface area contributed by atoms with E-state index in [4.69, 9.17) is 17.3 Å². The highest BCUT2D eigenvalue weighted by Crippen LogP contribution is 2.43. The number of sulfone groups is 1. The Morgan fingerprint density at radius 3 is 2.71 bits per heavy atom. The predicted molar refractivity (Wildman–Crippen MR) is 109 cm³/mol. The Hall–Kier alpha value is -2.04. The fraction of sp³-hybridized carbons (Fsp3) is 0.412. The van der Waals surface area contributed by atoms with E-state index in [1.807, 2.05) is 0 Å². The number of hydrogen-bond donors (Lipinski definition) is 2. The van der Waals surface area contributed by atoms with E-state index in [1.54, 1.807) is 19.2 Å². The van der Waals surface area contributed by atoms with E-state index in [9.17, 15) is 13.2 Å². The van der Waals surface area contributed by atoms with Gasteiger partial charge in [0.2, 0.25) is 0 Å². The molecule has 0 aliphatic carbocycles. The Morgan fingerprint density at radius 1 is 1.39 bits per heavy atom. The summed E-state index contributed by atoms with van der Waals surface area (Å²) >= 11 is 7.45. The molecule has 0 saturated carbocycles. The summed E-state index contributed by atoms with van der Waals surface area (Å²) in [7, 11) is -3.56. The minimum Gasteiger partial charge on any atom is -0.386 e. The fourth-order valence-electron chi connectivity index (χ4n) is 2.79. The molecule has 0 radical (unpaired) electrons. The monoisotopic (exact) mass is 441 g/mol. The number of nitrogens with zero attached hydrogens (tertiary/aromatic N) is 3. The van der Waals surface area contributed by atoms with Crippen molar-refractivity contribution < 1.29 is 13.2 Å². The number of hydrogen-bond acceptors (Lipinski definition) is 8. The first-order valence-electron chi connectivity index (χ1n) is 8.37. The van der Waals surface area contributed by atoms with Crippen molar-refractivity contribution in [2.75, 3.05) is 5.75 Å². The summed E-state index contributed by atoms with van der Waals surface area (Å²) in [5, 5.41) is 3.04. The van der Waals surface area contributed by atoms with Crippen molar-refractivity contribution in [1.29, 1.82) is 0 Å². The third-order valence-electron chi connectivity index (χ3n) is 4.71. The number of nitrogens with two attached hydrogens (primary N) is 1. The molecule has 1 unspecified atom stereocenters. The average molecular weight is 442 g/mol. The van der Waals surface area contributed by atoms with E-state index in [1.165, 1.54) is 26.2 Å². The topological polar surface area (TPSA) is 127 Å². The molecule has 0 aromatic carbocycles. The maximum Gasteiger partial charge on any atom is 0.261 e. The van der Waals surface area contributed by atoms with Crippen LogP contribution in [0.5, 0.6) is 0 Å². The van der Waals surface area contributed by atoms with Crippen LogP contribution in [0.4, 0.5) is 0 Å². The third kappa shape index (κ3) is 3.63. The lowest BCUT2D eigenvalue weighted by atomic mass is 10.0. The van der Waals surface area contributed by atoms with Gasteiger partial charge in [0.15, 0.2) is 9.84 Å². The van der Waals surface area contributed by atoms with Crippen LogP contribution in [-0.4, -0.2) is 40.6 Å². The Kier molecular flexibility index (Phi) is 5.24. The first-order valence-corrected chi connectivity index (χ1v) is 11.2. The Balaban J connectivity index is 1.88. The highest BCUT2D eigenvalue weighted by Gasteiger charge is 2.49. The largest absolute Gasteiger partial charge is 0.386 e. The predicted octanol–water partition coefficient (Wildman–Crippen LogP) is 1.90. The van der Waals surface area contributed by atoms with Gasteiger partial charge in [-0.25, -0.2) is 18.4 Å². The highest BCUT2D eigenvalue weighted by molar-refractivity contribution is 7.93. The minimum atomic E-state index is -3.56. The Labute approximate surface area is 172 Å². The fourth-order valence-corrected chi connectivity index (χ4v) is 6.10. The lowest BCUT2D eigenvalue weighted by Gasteiger charge is -2.37. The summed E-state index contributed by atoms with van der Waals surface area (Å²) < 4.78 is 24.2. The summed E-state index contributed by atoms with van der Waals surface area (Å²) in [4.78, 5) is 25.6. The van der Waals surface area contributed by atoms with Crippen LogP contribution in [0.25, 0.3) is 0 Å². The van der Waals surface area contributed by atoms with E-state index < -0.39 is 20.1 Å². The third-order valence-corrected chi connectivity index (χ3v) is 9.21. The molecule has 8 nitrogen and oxygen atoms in total. The van der Waals surface area contributed by atoms with Crippen LogP contribution in [-0.2, 0) is 21.9 Å². The first-order chi connectivity index (χ1) is 13.0. The highest BCUT2D eigenvalue weighted by atomic mass is 35.5. The second-order valence-electron chi connectivity index (χ2n) is 7.21. The molecule has 2 aromatic rings.